The molecule has 0 saturated heterocycles. The Morgan fingerprint density at radius 3 is 1.40 bits per heavy atom. The van der Waals surface area contributed by atoms with Gasteiger partial charge in [0.25, 0.3) is 0 Å². The smallest absolute Gasteiger partial charge is 0.0799 e. The summed E-state index contributed by atoms with van der Waals surface area (Å²) in [5.41, 5.74) is 0. The fourth-order valence-corrected chi connectivity index (χ4v) is 7.30. The molecule has 0 unspecified atom stereocenters. The van der Waals surface area contributed by atoms with Crippen LogP contribution in [0.5, 0.6) is 0 Å². The molecule has 4 aliphatic rings. The molecular weight excluding hydrogens is 203 g/mol. The van der Waals surface area contributed by atoms with Gasteiger partial charge in [-0.2, -0.15) is 0 Å². The zero-order valence-corrected chi connectivity index (χ0v) is 11.3. The van der Waals surface area contributed by atoms with Crippen molar-refractivity contribution in [3.8, 4) is 0 Å². The van der Waals surface area contributed by atoms with Crippen LogP contribution in [0.4, 0.5) is 0 Å². The molecule has 0 radical (unpaired) electrons. The largest absolute Gasteiger partial charge is 0.412 e. The average molecular weight is 229 g/mol. The molecule has 4 bridgehead atoms. The summed E-state index contributed by atoms with van der Waals surface area (Å²) in [6.45, 7) is 7.79. The molecule has 4 saturated carbocycles. The maximum Gasteiger partial charge on any atom is 0.0799 e. The Kier molecular flexibility index (Phi) is 2.72. The first-order valence-electron chi connectivity index (χ1n) is 6.30. The van der Waals surface area contributed by atoms with Crippen LogP contribution in [0.2, 0.25) is 0 Å². The Balaban J connectivity index is 0.000000853. The van der Waals surface area contributed by atoms with Gasteiger partial charge in [0, 0.05) is 27.3 Å². The lowest BCUT2D eigenvalue weighted by molar-refractivity contribution is 0.0348. The van der Waals surface area contributed by atoms with E-state index in [1.54, 1.807) is 38.5 Å². The van der Waals surface area contributed by atoms with Crippen molar-refractivity contribution in [3.63, 3.8) is 0 Å². The summed E-state index contributed by atoms with van der Waals surface area (Å²) < 4.78 is 0. The second-order valence-corrected chi connectivity index (χ2v) is 12.1. The minimum atomic E-state index is -0.615. The Morgan fingerprint density at radius 1 is 0.800 bits per heavy atom. The van der Waals surface area contributed by atoms with Gasteiger partial charge in [-0.15, -0.1) is 0 Å². The topological polar surface area (TPSA) is 31.5 Å². The van der Waals surface area contributed by atoms with E-state index in [2.05, 4.69) is 20.0 Å². The van der Waals surface area contributed by atoms with Gasteiger partial charge in [-0.05, 0) is 56.3 Å². The molecule has 4 fully saturated rings. The minimum Gasteiger partial charge on any atom is -0.412 e. The third-order valence-electron chi connectivity index (χ3n) is 5.43. The van der Waals surface area contributed by atoms with Crippen LogP contribution in [-0.4, -0.2) is 30.6 Å². The third-order valence-corrected chi connectivity index (χ3v) is 8.82. The second-order valence-electron chi connectivity index (χ2n) is 7.15. The van der Waals surface area contributed by atoms with Crippen LogP contribution in [0.15, 0.2) is 0 Å². The van der Waals surface area contributed by atoms with E-state index in [0.29, 0.717) is 0 Å². The summed E-state index contributed by atoms with van der Waals surface area (Å²) in [6.07, 6.45) is 9.61. The van der Waals surface area contributed by atoms with Gasteiger partial charge in [-0.3, -0.25) is 0 Å². The van der Waals surface area contributed by atoms with E-state index in [1.807, 2.05) is 0 Å². The highest BCUT2D eigenvalue weighted by molar-refractivity contribution is 7.75. The fraction of sp³-hybridized carbons (Fsp3) is 1.00. The molecule has 0 spiro atoms. The Bertz CT molecular complexity index is 218. The summed E-state index contributed by atoms with van der Waals surface area (Å²) in [5, 5.41) is 0.849. The van der Waals surface area contributed by atoms with Gasteiger partial charge in [-0.1, -0.05) is 0 Å². The molecule has 0 aromatic rings. The van der Waals surface area contributed by atoms with Crippen molar-refractivity contribution in [2.45, 2.75) is 43.7 Å². The van der Waals surface area contributed by atoms with Crippen molar-refractivity contribution in [1.29, 1.82) is 0 Å². The molecule has 1 nitrogen and oxygen atoms in total. The molecule has 2 heteroatoms. The van der Waals surface area contributed by atoms with Crippen LogP contribution in [0, 0.1) is 17.8 Å². The molecule has 88 valence electrons. The van der Waals surface area contributed by atoms with Crippen LogP contribution in [0.3, 0.4) is 0 Å². The molecule has 0 aromatic heterocycles. The van der Waals surface area contributed by atoms with Crippen molar-refractivity contribution in [2.75, 3.05) is 20.0 Å². The molecule has 0 aromatic carbocycles. The van der Waals surface area contributed by atoms with Gasteiger partial charge in [0.15, 0.2) is 0 Å². The maximum absolute atomic E-state index is 2.60. The van der Waals surface area contributed by atoms with Gasteiger partial charge in [0.1, 0.15) is 0 Å². The van der Waals surface area contributed by atoms with E-state index in [0.717, 1.165) is 22.9 Å². The van der Waals surface area contributed by atoms with Gasteiger partial charge in [0.05, 0.1) is 5.16 Å². The second kappa shape index (κ2) is 3.44. The zero-order chi connectivity index (χ0) is 9.97. The molecule has 0 atom stereocenters. The van der Waals surface area contributed by atoms with Crippen molar-refractivity contribution in [2.24, 2.45) is 17.8 Å². The number of hydrogen-bond acceptors (Lipinski definition) is 0. The molecular formula is C13H26OP+. The lowest BCUT2D eigenvalue weighted by Crippen LogP contribution is -2.51. The van der Waals surface area contributed by atoms with Crippen LogP contribution in [-0.2, 0) is 0 Å². The predicted molar refractivity (Wildman–Crippen MR) is 69.2 cm³/mol. The summed E-state index contributed by atoms with van der Waals surface area (Å²) in [4.78, 5) is 0. The molecule has 0 heterocycles. The Hall–Kier alpha value is 0.390. The van der Waals surface area contributed by atoms with Crippen LogP contribution >= 0.6 is 7.26 Å². The lowest BCUT2D eigenvalue weighted by Gasteiger charge is -2.58. The molecule has 0 amide bonds. The highest BCUT2D eigenvalue weighted by Crippen LogP contribution is 2.73. The number of hydrogen-bond donors (Lipinski definition) is 0. The van der Waals surface area contributed by atoms with Crippen molar-refractivity contribution >= 4 is 7.26 Å². The Morgan fingerprint density at radius 2 is 1.13 bits per heavy atom. The van der Waals surface area contributed by atoms with E-state index in [1.165, 1.54) is 0 Å². The van der Waals surface area contributed by atoms with E-state index in [9.17, 15) is 0 Å². The Labute approximate surface area is 94.7 Å². The maximum atomic E-state index is 2.60. The average Bonchev–Trinajstić information content (AvgIpc) is 1.98. The van der Waals surface area contributed by atoms with E-state index >= 15 is 0 Å². The van der Waals surface area contributed by atoms with Gasteiger partial charge >= 0.3 is 0 Å². The molecule has 0 aliphatic heterocycles. The molecule has 2 N–H and O–H groups in total. The monoisotopic (exact) mass is 229 g/mol. The minimum absolute atomic E-state index is 0. The summed E-state index contributed by atoms with van der Waals surface area (Å²) in [6, 6.07) is 0. The quantitative estimate of drug-likeness (QED) is 0.619. The van der Waals surface area contributed by atoms with Crippen molar-refractivity contribution in [1.82, 2.24) is 0 Å². The first-order chi connectivity index (χ1) is 6.48. The predicted octanol–water partition coefficient (Wildman–Crippen LogP) is 3.04. The highest BCUT2D eigenvalue weighted by Gasteiger charge is 2.59. The molecule has 4 aliphatic carbocycles. The van der Waals surface area contributed by atoms with E-state index in [4.69, 9.17) is 0 Å². The van der Waals surface area contributed by atoms with Gasteiger partial charge in [0.2, 0.25) is 0 Å². The number of rotatable bonds is 1. The van der Waals surface area contributed by atoms with Crippen molar-refractivity contribution < 1.29 is 5.48 Å². The SMILES string of the molecule is C[P+](C)(C)C12CC3CC(CC(C3)C1)C2.O. The summed E-state index contributed by atoms with van der Waals surface area (Å²) in [5.74, 6) is 3.42. The molecule has 15 heavy (non-hydrogen) atoms. The molecule has 4 rings (SSSR count). The lowest BCUT2D eigenvalue weighted by atomic mass is 9.56. The summed E-state index contributed by atoms with van der Waals surface area (Å²) >= 11 is 0. The first-order valence-corrected chi connectivity index (χ1v) is 9.43. The van der Waals surface area contributed by atoms with Crippen LogP contribution < -0.4 is 0 Å². The van der Waals surface area contributed by atoms with Crippen LogP contribution in [0.1, 0.15) is 38.5 Å². The van der Waals surface area contributed by atoms with E-state index in [-0.39, 0.29) is 5.48 Å². The summed E-state index contributed by atoms with van der Waals surface area (Å²) in [7, 11) is -0.615. The van der Waals surface area contributed by atoms with Gasteiger partial charge in [-0.25, -0.2) is 0 Å². The van der Waals surface area contributed by atoms with Crippen LogP contribution in [0.25, 0.3) is 0 Å². The van der Waals surface area contributed by atoms with Crippen molar-refractivity contribution in [3.05, 3.63) is 0 Å². The third kappa shape index (κ3) is 1.67. The highest BCUT2D eigenvalue weighted by atomic mass is 31.2. The van der Waals surface area contributed by atoms with Gasteiger partial charge < -0.3 is 5.48 Å². The van der Waals surface area contributed by atoms with E-state index < -0.39 is 7.26 Å². The normalized spacial score (nSPS) is 47.8. The first kappa shape index (κ1) is 11.9. The zero-order valence-electron chi connectivity index (χ0n) is 10.4. The fourth-order valence-electron chi connectivity index (χ4n) is 4.89. The standard InChI is InChI=1S/C13H24P.H2O/c1-14(2,3)13-7-10-4-11(8-13)6-12(5-10)9-13;/h10-12H,4-9H2,1-3H3;1H2/q+1;.